The van der Waals surface area contributed by atoms with E-state index in [0.717, 1.165) is 33.5 Å². The number of carbonyl (C=O) groups excluding carboxylic acids is 1. The molecule has 2 aromatic rings. The number of rotatable bonds is 1. The van der Waals surface area contributed by atoms with Crippen LogP contribution >= 0.6 is 11.3 Å². The van der Waals surface area contributed by atoms with Crippen molar-refractivity contribution in [3.63, 3.8) is 0 Å². The van der Waals surface area contributed by atoms with Gasteiger partial charge in [0, 0.05) is 17.8 Å². The summed E-state index contributed by atoms with van der Waals surface area (Å²) in [7, 11) is 0. The van der Waals surface area contributed by atoms with E-state index in [1.54, 1.807) is 16.2 Å². The van der Waals surface area contributed by atoms with Gasteiger partial charge in [-0.1, -0.05) is 25.1 Å². The molecule has 3 nitrogen and oxygen atoms in total. The van der Waals surface area contributed by atoms with Crippen LogP contribution in [0.4, 0.5) is 0 Å². The van der Waals surface area contributed by atoms with Crippen LogP contribution in [0, 0.1) is 12.8 Å². The molecule has 0 bridgehead atoms. The first-order chi connectivity index (χ1) is 9.58. The zero-order valence-electron chi connectivity index (χ0n) is 11.8. The van der Waals surface area contributed by atoms with E-state index in [1.165, 1.54) is 0 Å². The minimum absolute atomic E-state index is 0.0645. The molecule has 4 heteroatoms. The molecule has 2 atom stereocenters. The van der Waals surface area contributed by atoms with E-state index in [2.05, 4.69) is 12.1 Å². The zero-order chi connectivity index (χ0) is 14.3. The van der Waals surface area contributed by atoms with Crippen LogP contribution in [-0.4, -0.2) is 35.1 Å². The first-order valence-electron chi connectivity index (χ1n) is 7.03. The SMILES string of the molecule is Cc1c(C(=O)N2CCC(C)C(O)C2)sc2ccccc12. The van der Waals surface area contributed by atoms with E-state index < -0.39 is 6.10 Å². The number of benzene rings is 1. The van der Waals surface area contributed by atoms with Crippen molar-refractivity contribution in [2.24, 2.45) is 5.92 Å². The number of piperidine rings is 1. The molecule has 1 saturated heterocycles. The number of fused-ring (bicyclic) bond motifs is 1. The van der Waals surface area contributed by atoms with E-state index >= 15 is 0 Å². The van der Waals surface area contributed by atoms with Crippen molar-refractivity contribution in [1.29, 1.82) is 0 Å². The van der Waals surface area contributed by atoms with Crippen LogP contribution in [0.25, 0.3) is 10.1 Å². The van der Waals surface area contributed by atoms with Crippen molar-refractivity contribution in [3.05, 3.63) is 34.7 Å². The molecule has 3 rings (SSSR count). The molecule has 1 aromatic heterocycles. The number of hydrogen-bond donors (Lipinski definition) is 1. The smallest absolute Gasteiger partial charge is 0.264 e. The Morgan fingerprint density at radius 2 is 2.15 bits per heavy atom. The van der Waals surface area contributed by atoms with Crippen LogP contribution in [0.5, 0.6) is 0 Å². The monoisotopic (exact) mass is 289 g/mol. The second-order valence-electron chi connectivity index (χ2n) is 5.64. The molecule has 1 aliphatic heterocycles. The lowest BCUT2D eigenvalue weighted by atomic mass is 9.96. The second-order valence-corrected chi connectivity index (χ2v) is 6.69. The van der Waals surface area contributed by atoms with E-state index in [4.69, 9.17) is 0 Å². The van der Waals surface area contributed by atoms with E-state index in [0.29, 0.717) is 6.54 Å². The van der Waals surface area contributed by atoms with E-state index in [1.807, 2.05) is 26.0 Å². The zero-order valence-corrected chi connectivity index (χ0v) is 12.6. The van der Waals surface area contributed by atoms with Crippen LogP contribution < -0.4 is 0 Å². The number of aliphatic hydroxyl groups excluding tert-OH is 1. The molecule has 1 N–H and O–H groups in total. The summed E-state index contributed by atoms with van der Waals surface area (Å²) in [6.45, 7) is 5.24. The van der Waals surface area contributed by atoms with Crippen LogP contribution in [0.2, 0.25) is 0 Å². The fourth-order valence-electron chi connectivity index (χ4n) is 2.76. The number of amides is 1. The van der Waals surface area contributed by atoms with Crippen LogP contribution in [0.15, 0.2) is 24.3 Å². The van der Waals surface area contributed by atoms with E-state index in [-0.39, 0.29) is 11.8 Å². The Labute approximate surface area is 122 Å². The van der Waals surface area contributed by atoms with Crippen LogP contribution in [-0.2, 0) is 0 Å². The average Bonchev–Trinajstić information content (AvgIpc) is 2.79. The van der Waals surface area contributed by atoms with Gasteiger partial charge in [-0.3, -0.25) is 4.79 Å². The highest BCUT2D eigenvalue weighted by Gasteiger charge is 2.29. The summed E-state index contributed by atoms with van der Waals surface area (Å²) >= 11 is 1.55. The Hall–Kier alpha value is -1.39. The molecule has 1 aliphatic rings. The number of aliphatic hydroxyl groups is 1. The Morgan fingerprint density at radius 3 is 2.85 bits per heavy atom. The molecule has 1 amide bonds. The van der Waals surface area contributed by atoms with Gasteiger partial charge in [0.1, 0.15) is 0 Å². The highest BCUT2D eigenvalue weighted by atomic mass is 32.1. The number of nitrogens with zero attached hydrogens (tertiary/aromatic N) is 1. The number of aryl methyl sites for hydroxylation is 1. The Kier molecular flexibility index (Phi) is 3.52. The molecule has 1 fully saturated rings. The molecule has 1 aromatic carbocycles. The number of β-amino-alcohol motifs (C(OH)–C–C–N with tert-alkyl or cyclic N) is 1. The van der Waals surface area contributed by atoms with Gasteiger partial charge in [-0.15, -0.1) is 11.3 Å². The number of thiophene rings is 1. The first kappa shape index (κ1) is 13.6. The van der Waals surface area contributed by atoms with Gasteiger partial charge in [-0.25, -0.2) is 0 Å². The van der Waals surface area contributed by atoms with E-state index in [9.17, 15) is 9.90 Å². The van der Waals surface area contributed by atoms with Crippen LogP contribution in [0.3, 0.4) is 0 Å². The maximum Gasteiger partial charge on any atom is 0.264 e. The molecule has 2 unspecified atom stereocenters. The fourth-order valence-corrected chi connectivity index (χ4v) is 3.93. The van der Waals surface area contributed by atoms with Gasteiger partial charge in [0.15, 0.2) is 0 Å². The molecular formula is C16H19NO2S. The lowest BCUT2D eigenvalue weighted by molar-refractivity contribution is 0.0251. The molecule has 106 valence electrons. The lowest BCUT2D eigenvalue weighted by Crippen LogP contribution is -2.45. The van der Waals surface area contributed by atoms with Crippen molar-refractivity contribution in [2.75, 3.05) is 13.1 Å². The third-order valence-corrected chi connectivity index (χ3v) is 5.50. The molecule has 20 heavy (non-hydrogen) atoms. The fraction of sp³-hybridized carbons (Fsp3) is 0.438. The molecule has 0 saturated carbocycles. The maximum atomic E-state index is 12.7. The Balaban J connectivity index is 1.91. The molecule has 0 radical (unpaired) electrons. The van der Waals surface area contributed by atoms with Gasteiger partial charge in [0.25, 0.3) is 5.91 Å². The Morgan fingerprint density at radius 1 is 1.40 bits per heavy atom. The van der Waals surface area contributed by atoms with Crippen molar-refractivity contribution in [2.45, 2.75) is 26.4 Å². The number of carbonyl (C=O) groups is 1. The van der Waals surface area contributed by atoms with Crippen molar-refractivity contribution in [1.82, 2.24) is 4.90 Å². The largest absolute Gasteiger partial charge is 0.391 e. The van der Waals surface area contributed by atoms with Gasteiger partial charge in [0.05, 0.1) is 11.0 Å². The van der Waals surface area contributed by atoms with Crippen molar-refractivity contribution < 1.29 is 9.90 Å². The quantitative estimate of drug-likeness (QED) is 0.876. The topological polar surface area (TPSA) is 40.5 Å². The first-order valence-corrected chi connectivity index (χ1v) is 7.85. The van der Waals surface area contributed by atoms with Gasteiger partial charge < -0.3 is 10.0 Å². The number of likely N-dealkylation sites (tertiary alicyclic amines) is 1. The van der Waals surface area contributed by atoms with Crippen LogP contribution in [0.1, 0.15) is 28.6 Å². The minimum Gasteiger partial charge on any atom is -0.391 e. The summed E-state index contributed by atoms with van der Waals surface area (Å²) in [4.78, 5) is 15.3. The second kappa shape index (κ2) is 5.19. The summed E-state index contributed by atoms with van der Waals surface area (Å²) in [5.41, 5.74) is 1.06. The average molecular weight is 289 g/mol. The summed E-state index contributed by atoms with van der Waals surface area (Å²) < 4.78 is 1.15. The molecule has 0 spiro atoms. The minimum atomic E-state index is -0.401. The molecule has 2 heterocycles. The third-order valence-electron chi connectivity index (χ3n) is 4.24. The van der Waals surface area contributed by atoms with Crippen molar-refractivity contribution in [3.8, 4) is 0 Å². The van der Waals surface area contributed by atoms with Gasteiger partial charge in [0.2, 0.25) is 0 Å². The van der Waals surface area contributed by atoms with Gasteiger partial charge in [-0.05, 0) is 36.3 Å². The summed E-state index contributed by atoms with van der Waals surface area (Å²) in [5.74, 6) is 0.345. The van der Waals surface area contributed by atoms with Gasteiger partial charge >= 0.3 is 0 Å². The maximum absolute atomic E-state index is 12.7. The Bertz CT molecular complexity index is 649. The predicted octanol–water partition coefficient (Wildman–Crippen LogP) is 3.05. The third kappa shape index (κ3) is 2.23. The predicted molar refractivity (Wildman–Crippen MR) is 82.3 cm³/mol. The lowest BCUT2D eigenvalue weighted by Gasteiger charge is -2.34. The standard InChI is InChI=1S/C16H19NO2S/c1-10-7-8-17(9-13(10)18)16(19)15-11(2)12-5-3-4-6-14(12)20-15/h3-6,10,13,18H,7-9H2,1-2H3. The van der Waals surface area contributed by atoms with Crippen molar-refractivity contribution >= 4 is 27.3 Å². The summed E-state index contributed by atoms with van der Waals surface area (Å²) in [6, 6.07) is 8.11. The molecule has 0 aliphatic carbocycles. The summed E-state index contributed by atoms with van der Waals surface area (Å²) in [5, 5.41) is 11.1. The summed E-state index contributed by atoms with van der Waals surface area (Å²) in [6.07, 6.45) is 0.471. The van der Waals surface area contributed by atoms with Gasteiger partial charge in [-0.2, -0.15) is 0 Å². The highest BCUT2D eigenvalue weighted by molar-refractivity contribution is 7.21. The molecular weight excluding hydrogens is 270 g/mol. The normalized spacial score (nSPS) is 23.2. The number of hydrogen-bond acceptors (Lipinski definition) is 3. The highest BCUT2D eigenvalue weighted by Crippen LogP contribution is 2.32.